The van der Waals surface area contributed by atoms with Gasteiger partial charge in [-0.2, -0.15) is 0 Å². The van der Waals surface area contributed by atoms with E-state index in [0.29, 0.717) is 0 Å². The lowest BCUT2D eigenvalue weighted by atomic mass is 9.69. The lowest BCUT2D eigenvalue weighted by Gasteiger charge is -2.45. The molecule has 3 heterocycles. The van der Waals surface area contributed by atoms with Crippen LogP contribution in [0.15, 0.2) is 60.7 Å². The highest BCUT2D eigenvalue weighted by atomic mass is 16.7. The molecule has 0 N–H and O–H groups in total. The molecule has 1 saturated heterocycles. The fraction of sp³-hybridized carbons (Fsp3) is 0.333. The molecule has 5 heteroatoms. The minimum absolute atomic E-state index is 0.202. The van der Waals surface area contributed by atoms with E-state index in [4.69, 9.17) is 14.0 Å². The van der Waals surface area contributed by atoms with E-state index in [9.17, 15) is 0 Å². The fourth-order valence-electron chi connectivity index (χ4n) is 5.09. The third-order valence-corrected chi connectivity index (χ3v) is 7.66. The number of para-hydroxylation sites is 3. The Hall–Kier alpha value is -2.76. The third-order valence-electron chi connectivity index (χ3n) is 7.66. The molecule has 0 saturated carbocycles. The van der Waals surface area contributed by atoms with E-state index in [1.54, 1.807) is 0 Å². The number of hydrogen-bond donors (Lipinski definition) is 0. The topological polar surface area (TPSA) is 30.9 Å². The SMILES string of the molecule is CC1(C)c2ccccc2N2c3ccccc3Oc3cc(B4OC(C)(C)C(C)(C)O4)cc1c32. The van der Waals surface area contributed by atoms with Gasteiger partial charge in [0.05, 0.1) is 28.3 Å². The summed E-state index contributed by atoms with van der Waals surface area (Å²) in [6.07, 6.45) is 0. The maximum atomic E-state index is 6.48. The summed E-state index contributed by atoms with van der Waals surface area (Å²) < 4.78 is 19.3. The van der Waals surface area contributed by atoms with Crippen LogP contribution in [0.3, 0.4) is 0 Å². The highest BCUT2D eigenvalue weighted by Crippen LogP contribution is 2.59. The highest BCUT2D eigenvalue weighted by molar-refractivity contribution is 6.62. The molecular weight excluding hydrogens is 397 g/mol. The van der Waals surface area contributed by atoms with Gasteiger partial charge in [-0.05, 0) is 68.6 Å². The van der Waals surface area contributed by atoms with Gasteiger partial charge >= 0.3 is 7.12 Å². The molecule has 0 spiro atoms. The smallest absolute Gasteiger partial charge is 0.453 e. The average Bonchev–Trinajstić information content (AvgIpc) is 2.97. The van der Waals surface area contributed by atoms with E-state index in [0.717, 1.165) is 28.3 Å². The molecule has 3 aromatic rings. The molecule has 1 fully saturated rings. The quantitative estimate of drug-likeness (QED) is 0.340. The van der Waals surface area contributed by atoms with Crippen LogP contribution in [0.5, 0.6) is 11.5 Å². The Morgan fingerprint density at radius 1 is 0.688 bits per heavy atom. The molecule has 162 valence electrons. The monoisotopic (exact) mass is 425 g/mol. The zero-order chi connectivity index (χ0) is 22.5. The van der Waals surface area contributed by atoms with Crippen LogP contribution in [0.25, 0.3) is 0 Å². The average molecular weight is 425 g/mol. The van der Waals surface area contributed by atoms with E-state index in [-0.39, 0.29) is 5.41 Å². The number of anilines is 3. The van der Waals surface area contributed by atoms with Crippen molar-refractivity contribution in [2.24, 2.45) is 0 Å². The summed E-state index contributed by atoms with van der Waals surface area (Å²) in [5, 5.41) is 0. The largest absolute Gasteiger partial charge is 0.494 e. The van der Waals surface area contributed by atoms with E-state index < -0.39 is 18.3 Å². The maximum Gasteiger partial charge on any atom is 0.494 e. The van der Waals surface area contributed by atoms with Crippen LogP contribution < -0.4 is 15.1 Å². The molecule has 4 nitrogen and oxygen atoms in total. The van der Waals surface area contributed by atoms with E-state index in [1.807, 2.05) is 12.1 Å². The number of benzene rings is 3. The Morgan fingerprint density at radius 2 is 1.31 bits per heavy atom. The van der Waals surface area contributed by atoms with Gasteiger partial charge in [-0.15, -0.1) is 0 Å². The van der Waals surface area contributed by atoms with Gasteiger partial charge in [-0.3, -0.25) is 0 Å². The summed E-state index contributed by atoms with van der Waals surface area (Å²) in [5.41, 5.74) is 5.87. The van der Waals surface area contributed by atoms with Gasteiger partial charge in [-0.1, -0.05) is 50.2 Å². The van der Waals surface area contributed by atoms with Gasteiger partial charge in [0.2, 0.25) is 0 Å². The lowest BCUT2D eigenvalue weighted by molar-refractivity contribution is 0.00578. The van der Waals surface area contributed by atoms with Crippen molar-refractivity contribution in [1.82, 2.24) is 0 Å². The summed E-state index contributed by atoms with van der Waals surface area (Å²) in [4.78, 5) is 2.35. The first kappa shape index (κ1) is 19.9. The van der Waals surface area contributed by atoms with Crippen LogP contribution in [-0.4, -0.2) is 18.3 Å². The molecule has 3 aromatic carbocycles. The molecule has 32 heavy (non-hydrogen) atoms. The summed E-state index contributed by atoms with van der Waals surface area (Å²) >= 11 is 0. The molecule has 6 rings (SSSR count). The van der Waals surface area contributed by atoms with Crippen LogP contribution in [0, 0.1) is 0 Å². The van der Waals surface area contributed by atoms with Crippen molar-refractivity contribution < 1.29 is 14.0 Å². The number of hydrogen-bond acceptors (Lipinski definition) is 4. The second-order valence-corrected chi connectivity index (χ2v) is 10.6. The van der Waals surface area contributed by atoms with Crippen molar-refractivity contribution >= 4 is 29.6 Å². The summed E-state index contributed by atoms with van der Waals surface area (Å²) in [6, 6.07) is 21.2. The highest BCUT2D eigenvalue weighted by Gasteiger charge is 2.52. The molecular formula is C27H28BNO3. The molecule has 0 aromatic heterocycles. The Labute approximate surface area is 190 Å². The van der Waals surface area contributed by atoms with Crippen molar-refractivity contribution in [1.29, 1.82) is 0 Å². The van der Waals surface area contributed by atoms with Crippen molar-refractivity contribution in [3.8, 4) is 11.5 Å². The zero-order valence-corrected chi connectivity index (χ0v) is 19.5. The lowest BCUT2D eigenvalue weighted by Crippen LogP contribution is -2.41. The first-order chi connectivity index (χ1) is 15.1. The minimum Gasteiger partial charge on any atom is -0.453 e. The summed E-state index contributed by atoms with van der Waals surface area (Å²) in [6.45, 7) is 12.9. The van der Waals surface area contributed by atoms with Crippen LogP contribution in [0.1, 0.15) is 52.7 Å². The Balaban J connectivity index is 1.60. The Bertz CT molecular complexity index is 1250. The van der Waals surface area contributed by atoms with Crippen LogP contribution in [0.2, 0.25) is 0 Å². The number of nitrogens with zero attached hydrogens (tertiary/aromatic N) is 1. The van der Waals surface area contributed by atoms with E-state index in [1.165, 1.54) is 16.8 Å². The first-order valence-electron chi connectivity index (χ1n) is 11.3. The third kappa shape index (κ3) is 2.52. The molecule has 0 aliphatic carbocycles. The van der Waals surface area contributed by atoms with Gasteiger partial charge in [-0.25, -0.2) is 0 Å². The second kappa shape index (κ2) is 6.18. The van der Waals surface area contributed by atoms with E-state index in [2.05, 4.69) is 95.0 Å². The normalized spacial score (nSPS) is 20.8. The van der Waals surface area contributed by atoms with Gasteiger partial charge in [0.25, 0.3) is 0 Å². The van der Waals surface area contributed by atoms with E-state index >= 15 is 0 Å². The second-order valence-electron chi connectivity index (χ2n) is 10.6. The molecule has 0 radical (unpaired) electrons. The van der Waals surface area contributed by atoms with Gasteiger partial charge < -0.3 is 18.9 Å². The Morgan fingerprint density at radius 3 is 2.03 bits per heavy atom. The van der Waals surface area contributed by atoms with Crippen LogP contribution >= 0.6 is 0 Å². The zero-order valence-electron chi connectivity index (χ0n) is 19.5. The minimum atomic E-state index is -0.441. The summed E-state index contributed by atoms with van der Waals surface area (Å²) in [5.74, 6) is 1.69. The molecule has 0 amide bonds. The standard InChI is InChI=1S/C27H28BNO3/c1-25(2)18-11-7-8-12-20(18)29-21-13-9-10-14-22(21)30-23-16-17(15-19(25)24(23)29)28-31-26(3,4)27(5,6)32-28/h7-16H,1-6H3. The van der Waals surface area contributed by atoms with Crippen LogP contribution in [-0.2, 0) is 14.7 Å². The predicted molar refractivity (Wildman–Crippen MR) is 129 cm³/mol. The van der Waals surface area contributed by atoms with Crippen molar-refractivity contribution in [2.45, 2.75) is 58.2 Å². The van der Waals surface area contributed by atoms with Gasteiger partial charge in [0.1, 0.15) is 0 Å². The predicted octanol–water partition coefficient (Wildman–Crippen LogP) is 6.20. The van der Waals surface area contributed by atoms with Crippen LogP contribution in [0.4, 0.5) is 17.1 Å². The molecule has 0 unspecified atom stereocenters. The first-order valence-corrected chi connectivity index (χ1v) is 11.3. The van der Waals surface area contributed by atoms with Crippen molar-refractivity contribution in [3.63, 3.8) is 0 Å². The molecule has 3 aliphatic rings. The maximum absolute atomic E-state index is 6.48. The Kier molecular flexibility index (Phi) is 3.84. The van der Waals surface area contributed by atoms with Crippen molar-refractivity contribution in [3.05, 3.63) is 71.8 Å². The van der Waals surface area contributed by atoms with Gasteiger partial charge in [0.15, 0.2) is 11.5 Å². The number of rotatable bonds is 1. The number of ether oxygens (including phenoxy) is 1. The fourth-order valence-corrected chi connectivity index (χ4v) is 5.09. The van der Waals surface area contributed by atoms with Gasteiger partial charge in [0, 0.05) is 5.41 Å². The summed E-state index contributed by atoms with van der Waals surface area (Å²) in [7, 11) is -0.441. The molecule has 0 bridgehead atoms. The molecule has 3 aliphatic heterocycles. The number of fused-ring (bicyclic) bond motifs is 4. The van der Waals surface area contributed by atoms with Crippen molar-refractivity contribution in [2.75, 3.05) is 4.90 Å². The molecule has 0 atom stereocenters.